The van der Waals surface area contributed by atoms with E-state index >= 15 is 0 Å². The summed E-state index contributed by atoms with van der Waals surface area (Å²) in [5.74, 6) is -2.65. The van der Waals surface area contributed by atoms with Crippen LogP contribution in [0.3, 0.4) is 0 Å². The van der Waals surface area contributed by atoms with Crippen molar-refractivity contribution in [3.63, 3.8) is 0 Å². The Balaban J connectivity index is 1.82. The van der Waals surface area contributed by atoms with Gasteiger partial charge in [0.15, 0.2) is 0 Å². The number of nitrogens with zero attached hydrogens (tertiary/aromatic N) is 1. The van der Waals surface area contributed by atoms with E-state index in [1.807, 2.05) is 69.3 Å². The third-order valence-electron chi connectivity index (χ3n) is 6.04. The molecule has 1 N–H and O–H groups in total. The van der Waals surface area contributed by atoms with Crippen LogP contribution in [0.1, 0.15) is 37.9 Å². The number of rotatable bonds is 3. The summed E-state index contributed by atoms with van der Waals surface area (Å²) in [6.45, 7) is 6.13. The number of hydrogen-bond acceptors (Lipinski definition) is 5. The summed E-state index contributed by atoms with van der Waals surface area (Å²) >= 11 is 0. The first-order valence-electron chi connectivity index (χ1n) is 10.1. The number of carbonyl (C=O) groups excluding carboxylic acids is 3. The zero-order valence-corrected chi connectivity index (χ0v) is 17.6. The first-order chi connectivity index (χ1) is 14.3. The van der Waals surface area contributed by atoms with Gasteiger partial charge in [-0.2, -0.15) is 0 Å². The van der Waals surface area contributed by atoms with E-state index in [0.29, 0.717) is 5.69 Å². The molecule has 0 radical (unpaired) electrons. The highest BCUT2D eigenvalue weighted by molar-refractivity contribution is 6.24. The van der Waals surface area contributed by atoms with Gasteiger partial charge in [-0.25, -0.2) is 4.90 Å². The summed E-state index contributed by atoms with van der Waals surface area (Å²) in [5, 5.41) is 3.19. The maximum absolute atomic E-state index is 13.6. The first-order valence-corrected chi connectivity index (χ1v) is 10.1. The van der Waals surface area contributed by atoms with Crippen LogP contribution in [0.5, 0.6) is 0 Å². The number of hydrogen-bond donors (Lipinski definition) is 1. The highest BCUT2D eigenvalue weighted by Gasteiger charge is 2.61. The molecule has 0 aliphatic carbocycles. The van der Waals surface area contributed by atoms with Crippen LogP contribution in [-0.2, 0) is 24.5 Å². The Morgan fingerprint density at radius 2 is 1.53 bits per heavy atom. The molecular formula is C24H26N2O4. The molecule has 6 nitrogen and oxygen atoms in total. The molecule has 2 aliphatic rings. The molecule has 4 rings (SSSR count). The summed E-state index contributed by atoms with van der Waals surface area (Å²) in [4.78, 5) is 40.9. The van der Waals surface area contributed by atoms with E-state index in [1.54, 1.807) is 6.07 Å². The largest absolute Gasteiger partial charge is 0.468 e. The fraction of sp³-hybridized carbons (Fsp3) is 0.375. The van der Waals surface area contributed by atoms with Gasteiger partial charge < -0.3 is 4.74 Å². The third kappa shape index (κ3) is 3.12. The molecule has 2 aromatic rings. The topological polar surface area (TPSA) is 75.7 Å². The Morgan fingerprint density at radius 1 is 0.933 bits per heavy atom. The van der Waals surface area contributed by atoms with Gasteiger partial charge in [-0.05, 0) is 22.6 Å². The standard InChI is InChI=1S/C24H26N2O4/c1-24(2,3)15-12-8-9-13-16(15)26-21(27)17-18(22(26)28)20(23(29)30-4)25-19(17)14-10-6-5-7-11-14/h5-13,17-20,25H,1-4H3/t17-,18+,19-,20-/m1/s1. The lowest BCUT2D eigenvalue weighted by Gasteiger charge is -2.28. The normalized spacial score (nSPS) is 26.1. The maximum atomic E-state index is 13.6. The molecule has 2 heterocycles. The molecule has 0 bridgehead atoms. The quantitative estimate of drug-likeness (QED) is 0.627. The van der Waals surface area contributed by atoms with E-state index in [9.17, 15) is 14.4 Å². The van der Waals surface area contributed by atoms with Crippen LogP contribution in [0.2, 0.25) is 0 Å². The lowest BCUT2D eigenvalue weighted by atomic mass is 9.85. The van der Waals surface area contributed by atoms with E-state index in [0.717, 1.165) is 11.1 Å². The molecule has 0 unspecified atom stereocenters. The number of nitrogens with one attached hydrogen (secondary N) is 1. The second-order valence-corrected chi connectivity index (χ2v) is 8.89. The monoisotopic (exact) mass is 406 g/mol. The number of para-hydroxylation sites is 1. The lowest BCUT2D eigenvalue weighted by molar-refractivity contribution is -0.145. The van der Waals surface area contributed by atoms with Gasteiger partial charge in [-0.1, -0.05) is 69.3 Å². The Hall–Kier alpha value is -2.99. The average Bonchev–Trinajstić information content (AvgIpc) is 3.24. The van der Waals surface area contributed by atoms with E-state index in [2.05, 4.69) is 5.32 Å². The van der Waals surface area contributed by atoms with E-state index in [-0.39, 0.29) is 17.2 Å². The minimum absolute atomic E-state index is 0.256. The fourth-order valence-electron chi connectivity index (χ4n) is 4.66. The summed E-state index contributed by atoms with van der Waals surface area (Å²) in [7, 11) is 1.29. The van der Waals surface area contributed by atoms with Crippen molar-refractivity contribution in [1.29, 1.82) is 0 Å². The van der Waals surface area contributed by atoms with Crippen LogP contribution in [-0.4, -0.2) is 30.9 Å². The molecule has 2 amide bonds. The van der Waals surface area contributed by atoms with E-state index in [4.69, 9.17) is 4.74 Å². The summed E-state index contributed by atoms with van der Waals surface area (Å²) < 4.78 is 4.95. The predicted molar refractivity (Wildman–Crippen MR) is 113 cm³/mol. The second kappa shape index (κ2) is 7.36. The number of carbonyl (C=O) groups is 3. The van der Waals surface area contributed by atoms with Gasteiger partial charge in [-0.15, -0.1) is 0 Å². The number of ether oxygens (including phenoxy) is 1. The van der Waals surface area contributed by atoms with Crippen molar-refractivity contribution in [2.45, 2.75) is 38.3 Å². The molecule has 0 spiro atoms. The van der Waals surface area contributed by atoms with Gasteiger partial charge in [-0.3, -0.25) is 19.7 Å². The van der Waals surface area contributed by atoms with Gasteiger partial charge in [0.2, 0.25) is 11.8 Å². The van der Waals surface area contributed by atoms with Gasteiger partial charge in [0.25, 0.3) is 0 Å². The average molecular weight is 406 g/mol. The predicted octanol–water partition coefficient (Wildman–Crippen LogP) is 2.98. The highest BCUT2D eigenvalue weighted by atomic mass is 16.5. The molecule has 0 aromatic heterocycles. The molecule has 4 atom stereocenters. The zero-order valence-electron chi connectivity index (χ0n) is 17.6. The summed E-state index contributed by atoms with van der Waals surface area (Å²) in [5.41, 5.74) is 2.11. The zero-order chi connectivity index (χ0) is 21.6. The van der Waals surface area contributed by atoms with Crippen molar-refractivity contribution in [2.75, 3.05) is 12.0 Å². The lowest BCUT2D eigenvalue weighted by Crippen LogP contribution is -2.44. The van der Waals surface area contributed by atoms with Crippen molar-refractivity contribution in [3.05, 3.63) is 65.7 Å². The van der Waals surface area contributed by atoms with Crippen molar-refractivity contribution in [2.24, 2.45) is 11.8 Å². The smallest absolute Gasteiger partial charge is 0.323 e. The summed E-state index contributed by atoms with van der Waals surface area (Å²) in [6, 6.07) is 15.6. The molecule has 2 aliphatic heterocycles. The molecule has 2 aromatic carbocycles. The number of imide groups is 1. The van der Waals surface area contributed by atoms with E-state index < -0.39 is 29.9 Å². The SMILES string of the molecule is COC(=O)[C@@H]1N[C@H](c2ccccc2)[C@@H]2C(=O)N(c3ccccc3C(C)(C)C)C(=O)[C@@H]21. The second-order valence-electron chi connectivity index (χ2n) is 8.89. The number of amides is 2. The Morgan fingerprint density at radius 3 is 2.17 bits per heavy atom. The first kappa shape index (κ1) is 20.3. The number of anilines is 1. The van der Waals surface area contributed by atoms with Crippen LogP contribution in [0, 0.1) is 11.8 Å². The van der Waals surface area contributed by atoms with E-state index in [1.165, 1.54) is 12.0 Å². The summed E-state index contributed by atoms with van der Waals surface area (Å²) in [6.07, 6.45) is 0. The number of methoxy groups -OCH3 is 1. The number of benzene rings is 2. The molecule has 156 valence electrons. The number of esters is 1. The maximum Gasteiger partial charge on any atom is 0.323 e. The minimum atomic E-state index is -0.867. The van der Waals surface area contributed by atoms with Crippen LogP contribution >= 0.6 is 0 Å². The molecule has 2 fully saturated rings. The van der Waals surface area contributed by atoms with Crippen LogP contribution in [0.25, 0.3) is 0 Å². The third-order valence-corrected chi connectivity index (χ3v) is 6.04. The highest BCUT2D eigenvalue weighted by Crippen LogP contribution is 2.47. The Kier molecular flexibility index (Phi) is 4.98. The van der Waals surface area contributed by atoms with Crippen molar-refractivity contribution in [3.8, 4) is 0 Å². The molecular weight excluding hydrogens is 380 g/mol. The van der Waals surface area contributed by atoms with Crippen molar-refractivity contribution >= 4 is 23.5 Å². The molecule has 30 heavy (non-hydrogen) atoms. The molecule has 2 saturated heterocycles. The molecule has 6 heteroatoms. The van der Waals surface area contributed by atoms with Gasteiger partial charge in [0.05, 0.1) is 24.6 Å². The van der Waals surface area contributed by atoms with Crippen molar-refractivity contribution < 1.29 is 19.1 Å². The van der Waals surface area contributed by atoms with Crippen LogP contribution in [0.4, 0.5) is 5.69 Å². The minimum Gasteiger partial charge on any atom is -0.468 e. The van der Waals surface area contributed by atoms with Crippen LogP contribution in [0.15, 0.2) is 54.6 Å². The van der Waals surface area contributed by atoms with Crippen LogP contribution < -0.4 is 10.2 Å². The van der Waals surface area contributed by atoms with Gasteiger partial charge >= 0.3 is 5.97 Å². The van der Waals surface area contributed by atoms with Gasteiger partial charge in [0.1, 0.15) is 6.04 Å². The Labute approximate surface area is 176 Å². The fourth-order valence-corrected chi connectivity index (χ4v) is 4.66. The number of fused-ring (bicyclic) bond motifs is 1. The van der Waals surface area contributed by atoms with Crippen molar-refractivity contribution in [1.82, 2.24) is 5.32 Å². The Bertz CT molecular complexity index is 996. The van der Waals surface area contributed by atoms with Gasteiger partial charge in [0, 0.05) is 6.04 Å². The molecule has 0 saturated carbocycles.